The van der Waals surface area contributed by atoms with Gasteiger partial charge in [0, 0.05) is 49.7 Å². The Morgan fingerprint density at radius 2 is 0.828 bits per heavy atom. The molecule has 11 aromatic rings. The normalized spacial score (nSPS) is 11.6. The van der Waals surface area contributed by atoms with E-state index in [-0.39, 0.29) is 0 Å². The molecule has 0 atom stereocenters. The van der Waals surface area contributed by atoms with Crippen LogP contribution in [0.3, 0.4) is 0 Å². The lowest BCUT2D eigenvalue weighted by Crippen LogP contribution is -2.49. The molecule has 0 radical (unpaired) electrons. The number of furan rings is 1. The monoisotopic (exact) mass is 812 g/mol. The Labute approximate surface area is 380 Å². The summed E-state index contributed by atoms with van der Waals surface area (Å²) in [6.07, 6.45) is 0. The molecule has 8 aromatic carbocycles. The number of nitrogens with zero attached hydrogens (tertiary/aromatic N) is 4. The highest BCUT2D eigenvalue weighted by Crippen LogP contribution is 2.41. The zero-order chi connectivity index (χ0) is 44.0. The van der Waals surface area contributed by atoms with E-state index in [2.05, 4.69) is 177 Å². The van der Waals surface area contributed by atoms with Gasteiger partial charge in [0.2, 0.25) is 0 Å². The van der Waals surface area contributed by atoms with Crippen molar-refractivity contribution in [2.75, 3.05) is 0 Å². The van der Waals surface area contributed by atoms with Crippen LogP contribution in [-0.4, -0.2) is 82.3 Å². The molecule has 0 bridgehead atoms. The second-order valence-electron chi connectivity index (χ2n) is 17.5. The van der Waals surface area contributed by atoms with Crippen molar-refractivity contribution in [3.63, 3.8) is 0 Å². The SMILES string of the molecule is Bc1c(B)c(B)c2c(c1B)c1c(B)c(B)c(B)c(B)c1n2-c1cc(-c2ccccc2)c2oc3cc(-c4nc(-c5ccccc5)nc(-c5cccc(-c6ccccc6)c5)n4)ccc3c2c1. The maximum absolute atomic E-state index is 7.02. The summed E-state index contributed by atoms with van der Waals surface area (Å²) in [5.41, 5.74) is 23.1. The molecule has 0 unspecified atom stereocenters. The van der Waals surface area contributed by atoms with E-state index in [9.17, 15) is 0 Å². The first-order chi connectivity index (χ1) is 31.1. The van der Waals surface area contributed by atoms with Crippen molar-refractivity contribution in [1.29, 1.82) is 0 Å². The second-order valence-corrected chi connectivity index (χ2v) is 17.5. The molecule has 0 aliphatic rings. The van der Waals surface area contributed by atoms with E-state index in [0.29, 0.717) is 17.5 Å². The minimum absolute atomic E-state index is 0.582. The van der Waals surface area contributed by atoms with Crippen LogP contribution >= 0.6 is 0 Å². The predicted octanol–water partition coefficient (Wildman–Crippen LogP) is -0.730. The molecule has 0 aliphatic carbocycles. The van der Waals surface area contributed by atoms with Crippen molar-refractivity contribution in [2.24, 2.45) is 0 Å². The Morgan fingerprint density at radius 1 is 0.359 bits per heavy atom. The standard InChI is InChI=1S/C51H40B8N4O/c52-38-36-37-39(53)41(55)43(57)45(59)47(37)63(46(36)44(58)42(56)40(38)54)31-23-33(26-13-6-2-7-14-26)48-34(24-31)32-20-19-30(22-35(32)64-48)51-61-49(27-15-8-3-9-16-27)60-50(62-51)29-18-10-17-28(21-29)25-11-4-1-5-12-25/h1-24H,52-59H2. The third-order valence-electron chi connectivity index (χ3n) is 14.1. The average molecular weight is 811 g/mol. The van der Waals surface area contributed by atoms with Gasteiger partial charge < -0.3 is 8.98 Å². The zero-order valence-corrected chi connectivity index (χ0v) is 37.6. The second kappa shape index (κ2) is 15.3. The summed E-state index contributed by atoms with van der Waals surface area (Å²) in [5.74, 6) is 1.81. The van der Waals surface area contributed by atoms with Crippen LogP contribution in [0, 0.1) is 0 Å². The Bertz CT molecular complexity index is 3630. The van der Waals surface area contributed by atoms with E-state index < -0.39 is 0 Å². The largest absolute Gasteiger partial charge is 0.455 e. The third kappa shape index (κ3) is 6.24. The zero-order valence-electron chi connectivity index (χ0n) is 37.6. The van der Waals surface area contributed by atoms with Crippen molar-refractivity contribution < 1.29 is 4.42 Å². The van der Waals surface area contributed by atoms with Gasteiger partial charge in [0.1, 0.15) is 73.9 Å². The lowest BCUT2D eigenvalue weighted by atomic mass is 9.63. The molecular formula is C51H40B8N4O. The summed E-state index contributed by atoms with van der Waals surface area (Å²) in [7, 11) is 18.3. The molecule has 3 aromatic heterocycles. The lowest BCUT2D eigenvalue weighted by molar-refractivity contribution is 0.670. The van der Waals surface area contributed by atoms with Gasteiger partial charge in [-0.05, 0) is 57.8 Å². The molecule has 64 heavy (non-hydrogen) atoms. The van der Waals surface area contributed by atoms with Crippen LogP contribution in [0.1, 0.15) is 0 Å². The van der Waals surface area contributed by atoms with E-state index in [1.165, 1.54) is 65.5 Å². The molecule has 0 fully saturated rings. The quantitative estimate of drug-likeness (QED) is 0.208. The maximum Gasteiger partial charge on any atom is 0.164 e. The van der Waals surface area contributed by atoms with Crippen molar-refractivity contribution in [3.05, 3.63) is 146 Å². The summed E-state index contributed by atoms with van der Waals surface area (Å²) in [6, 6.07) is 50.7. The molecule has 0 aliphatic heterocycles. The number of benzene rings is 8. The summed E-state index contributed by atoms with van der Waals surface area (Å²) >= 11 is 0. The highest BCUT2D eigenvalue weighted by atomic mass is 16.3. The van der Waals surface area contributed by atoms with Crippen LogP contribution in [0.4, 0.5) is 0 Å². The summed E-state index contributed by atoms with van der Waals surface area (Å²) in [6.45, 7) is 0. The number of fused-ring (bicyclic) bond motifs is 6. The molecule has 3 heterocycles. The minimum Gasteiger partial charge on any atom is -0.455 e. The molecule has 0 saturated carbocycles. The predicted molar refractivity (Wildman–Crippen MR) is 294 cm³/mol. The van der Waals surface area contributed by atoms with Gasteiger partial charge in [-0.15, -0.1) is 10.9 Å². The van der Waals surface area contributed by atoms with Crippen LogP contribution in [0.25, 0.3) is 106 Å². The molecule has 0 amide bonds. The van der Waals surface area contributed by atoms with Gasteiger partial charge in [-0.2, -0.15) is 0 Å². The van der Waals surface area contributed by atoms with E-state index in [1.807, 2.05) is 36.4 Å². The Hall–Kier alpha value is -7.11. The molecule has 0 saturated heterocycles. The number of hydrogen-bond donors (Lipinski definition) is 0. The smallest absolute Gasteiger partial charge is 0.164 e. The molecule has 13 heteroatoms. The van der Waals surface area contributed by atoms with Crippen LogP contribution in [0.5, 0.6) is 0 Å². The van der Waals surface area contributed by atoms with Gasteiger partial charge in [-0.1, -0.05) is 148 Å². The first-order valence-corrected chi connectivity index (χ1v) is 22.1. The number of aromatic nitrogens is 4. The van der Waals surface area contributed by atoms with Gasteiger partial charge in [-0.3, -0.25) is 0 Å². The van der Waals surface area contributed by atoms with Gasteiger partial charge in [0.05, 0.1) is 0 Å². The van der Waals surface area contributed by atoms with Crippen molar-refractivity contribution in [1.82, 2.24) is 19.5 Å². The van der Waals surface area contributed by atoms with E-state index in [4.69, 9.17) is 19.4 Å². The maximum atomic E-state index is 7.02. The Balaban J connectivity index is 1.16. The summed E-state index contributed by atoms with van der Waals surface area (Å²) in [4.78, 5) is 15.3. The highest BCUT2D eigenvalue weighted by molar-refractivity contribution is 6.71. The fourth-order valence-corrected chi connectivity index (χ4v) is 9.91. The van der Waals surface area contributed by atoms with Gasteiger partial charge in [-0.25, -0.2) is 15.0 Å². The van der Waals surface area contributed by atoms with Crippen LogP contribution < -0.4 is 43.7 Å². The van der Waals surface area contributed by atoms with Gasteiger partial charge in [0.15, 0.2) is 17.5 Å². The van der Waals surface area contributed by atoms with Crippen LogP contribution in [0.2, 0.25) is 0 Å². The average Bonchev–Trinajstić information content (AvgIpc) is 3.91. The van der Waals surface area contributed by atoms with Gasteiger partial charge in [0.25, 0.3) is 0 Å². The first-order valence-electron chi connectivity index (χ1n) is 22.1. The molecule has 11 rings (SSSR count). The lowest BCUT2D eigenvalue weighted by Gasteiger charge is -2.18. The molecule has 0 N–H and O–H groups in total. The summed E-state index contributed by atoms with van der Waals surface area (Å²) < 4.78 is 9.57. The fourth-order valence-electron chi connectivity index (χ4n) is 9.91. The molecule has 0 spiro atoms. The van der Waals surface area contributed by atoms with Gasteiger partial charge >= 0.3 is 0 Å². The van der Waals surface area contributed by atoms with Crippen molar-refractivity contribution in [3.8, 4) is 62.1 Å². The highest BCUT2D eigenvalue weighted by Gasteiger charge is 2.25. The van der Waals surface area contributed by atoms with E-state index >= 15 is 0 Å². The van der Waals surface area contributed by atoms with Crippen LogP contribution in [0.15, 0.2) is 150 Å². The topological polar surface area (TPSA) is 56.7 Å². The fraction of sp³-hybridized carbons (Fsp3) is 0. The molecule has 294 valence electrons. The molecular weight excluding hydrogens is 771 g/mol. The van der Waals surface area contributed by atoms with Crippen molar-refractivity contribution >= 4 is 150 Å². The molecule has 5 nitrogen and oxygen atoms in total. The van der Waals surface area contributed by atoms with Crippen LogP contribution in [-0.2, 0) is 0 Å². The third-order valence-corrected chi connectivity index (χ3v) is 14.1. The Kier molecular flexibility index (Phi) is 9.50. The number of rotatable bonds is 6. The van der Waals surface area contributed by atoms with Crippen molar-refractivity contribution in [2.45, 2.75) is 0 Å². The number of hydrogen-bond acceptors (Lipinski definition) is 4. The van der Waals surface area contributed by atoms with E-state index in [0.717, 1.165) is 66.6 Å². The van der Waals surface area contributed by atoms with E-state index in [1.54, 1.807) is 0 Å². The summed E-state index contributed by atoms with van der Waals surface area (Å²) in [5, 5.41) is 4.79. The minimum atomic E-state index is 0.582. The first kappa shape index (κ1) is 39.7. The Morgan fingerprint density at radius 3 is 1.41 bits per heavy atom.